The Kier molecular flexibility index (Phi) is 5.52. The van der Waals surface area contributed by atoms with Crippen molar-refractivity contribution < 1.29 is 13.9 Å². The number of nitrogens with zero attached hydrogens (tertiary/aromatic N) is 3. The number of aryl methyl sites for hydroxylation is 2. The molecule has 9 heteroatoms. The number of H-pyrrole nitrogens is 1. The van der Waals surface area contributed by atoms with E-state index >= 15 is 0 Å². The summed E-state index contributed by atoms with van der Waals surface area (Å²) in [7, 11) is 0. The number of aromatic nitrogens is 4. The predicted molar refractivity (Wildman–Crippen MR) is 122 cm³/mol. The molecule has 0 saturated heterocycles. The topological polar surface area (TPSA) is 115 Å². The van der Waals surface area contributed by atoms with E-state index in [0.29, 0.717) is 29.4 Å². The van der Waals surface area contributed by atoms with Crippen LogP contribution in [0.1, 0.15) is 29.7 Å². The van der Waals surface area contributed by atoms with Gasteiger partial charge in [0.1, 0.15) is 17.3 Å². The first-order valence-corrected chi connectivity index (χ1v) is 10.8. The average Bonchev–Trinajstić information content (AvgIpc) is 3.49. The van der Waals surface area contributed by atoms with Gasteiger partial charge in [0.15, 0.2) is 12.4 Å². The minimum absolute atomic E-state index is 0.176. The summed E-state index contributed by atoms with van der Waals surface area (Å²) in [4.78, 5) is 32.8. The molecule has 1 aliphatic rings. The van der Waals surface area contributed by atoms with Crippen molar-refractivity contribution in [3.05, 3.63) is 75.9 Å². The largest absolute Gasteiger partial charge is 0.483 e. The highest BCUT2D eigenvalue weighted by atomic mass is 16.5. The molecule has 0 saturated carbocycles. The number of carbonyl (C=O) groups excluding carboxylic acids is 1. The molecule has 168 valence electrons. The zero-order valence-corrected chi connectivity index (χ0v) is 18.1. The Balaban J connectivity index is 1.45. The van der Waals surface area contributed by atoms with Crippen molar-refractivity contribution in [2.45, 2.75) is 32.6 Å². The highest BCUT2D eigenvalue weighted by molar-refractivity contribution is 5.91. The van der Waals surface area contributed by atoms with Gasteiger partial charge in [0.2, 0.25) is 5.95 Å². The molecule has 5 rings (SSSR count). The molecule has 1 aromatic carbocycles. The van der Waals surface area contributed by atoms with Gasteiger partial charge in [0.25, 0.3) is 11.5 Å². The fourth-order valence-corrected chi connectivity index (χ4v) is 3.91. The summed E-state index contributed by atoms with van der Waals surface area (Å²) >= 11 is 0. The second kappa shape index (κ2) is 8.78. The minimum Gasteiger partial charge on any atom is -0.483 e. The first-order chi connectivity index (χ1) is 16.1. The van der Waals surface area contributed by atoms with E-state index in [-0.39, 0.29) is 24.0 Å². The summed E-state index contributed by atoms with van der Waals surface area (Å²) < 4.78 is 12.5. The van der Waals surface area contributed by atoms with Crippen LogP contribution in [0.25, 0.3) is 17.4 Å². The number of nitrogens with one attached hydrogen (secondary N) is 2. The van der Waals surface area contributed by atoms with E-state index in [2.05, 4.69) is 20.4 Å². The van der Waals surface area contributed by atoms with Crippen LogP contribution in [0.2, 0.25) is 0 Å². The monoisotopic (exact) mass is 445 g/mol. The molecule has 1 aliphatic carbocycles. The number of ether oxygens (including phenoxy) is 1. The van der Waals surface area contributed by atoms with E-state index in [1.54, 1.807) is 24.5 Å². The predicted octanol–water partition coefficient (Wildman–Crippen LogP) is 3.42. The number of benzene rings is 1. The number of para-hydroxylation sites is 1. The average molecular weight is 445 g/mol. The fraction of sp³-hybridized carbons (Fsp3) is 0.250. The molecule has 0 radical (unpaired) electrons. The van der Waals surface area contributed by atoms with Crippen molar-refractivity contribution in [1.29, 1.82) is 0 Å². The molecule has 0 unspecified atom stereocenters. The molecule has 3 heterocycles. The van der Waals surface area contributed by atoms with E-state index in [4.69, 9.17) is 9.15 Å². The molecular formula is C24H23N5O4. The molecule has 0 aliphatic heterocycles. The number of aromatic amines is 1. The molecule has 0 fully saturated rings. The first-order valence-electron chi connectivity index (χ1n) is 10.8. The van der Waals surface area contributed by atoms with Gasteiger partial charge in [-0.25, -0.2) is 4.98 Å². The van der Waals surface area contributed by atoms with Crippen molar-refractivity contribution in [3.8, 4) is 23.2 Å². The Morgan fingerprint density at radius 3 is 2.88 bits per heavy atom. The number of hydrogen-bond acceptors (Lipinski definition) is 6. The zero-order valence-electron chi connectivity index (χ0n) is 18.1. The van der Waals surface area contributed by atoms with Crippen LogP contribution >= 0.6 is 0 Å². The van der Waals surface area contributed by atoms with Crippen LogP contribution in [0.5, 0.6) is 5.75 Å². The Morgan fingerprint density at radius 2 is 2.06 bits per heavy atom. The molecule has 33 heavy (non-hydrogen) atoms. The number of fused-ring (bicyclic) bond motifs is 1. The highest BCUT2D eigenvalue weighted by Crippen LogP contribution is 2.25. The second-order valence-electron chi connectivity index (χ2n) is 7.93. The van der Waals surface area contributed by atoms with Crippen LogP contribution in [0, 0.1) is 6.92 Å². The maximum atomic E-state index is 12.7. The lowest BCUT2D eigenvalue weighted by Gasteiger charge is -2.15. The van der Waals surface area contributed by atoms with Gasteiger partial charge in [-0.2, -0.15) is 9.78 Å². The van der Waals surface area contributed by atoms with E-state index < -0.39 is 0 Å². The van der Waals surface area contributed by atoms with Crippen molar-refractivity contribution in [2.75, 3.05) is 11.9 Å². The van der Waals surface area contributed by atoms with Gasteiger partial charge in [-0.15, -0.1) is 0 Å². The number of furan rings is 1. The lowest BCUT2D eigenvalue weighted by Crippen LogP contribution is -2.26. The van der Waals surface area contributed by atoms with E-state index in [1.807, 2.05) is 31.2 Å². The van der Waals surface area contributed by atoms with Crippen molar-refractivity contribution in [1.82, 2.24) is 19.7 Å². The lowest BCUT2D eigenvalue weighted by molar-refractivity contribution is -0.118. The standard InChI is InChI=1S/C24H23N5O4/c1-15-7-2-5-10-19(15)33-14-22(30)26-21-13-18(20-11-6-12-32-20)28-29(21)24-25-17-9-4-3-8-16(17)23(31)27-24/h2,5-7,10-13H,3-4,8-9,14H2,1H3,(H,26,30)(H,25,27,31). The smallest absolute Gasteiger partial charge is 0.263 e. The third-order valence-electron chi connectivity index (χ3n) is 5.58. The Bertz CT molecular complexity index is 1350. The van der Waals surface area contributed by atoms with Gasteiger partial charge in [0.05, 0.1) is 12.0 Å². The summed E-state index contributed by atoms with van der Waals surface area (Å²) in [6.45, 7) is 1.73. The highest BCUT2D eigenvalue weighted by Gasteiger charge is 2.20. The van der Waals surface area contributed by atoms with Crippen LogP contribution in [-0.4, -0.2) is 32.3 Å². The van der Waals surface area contributed by atoms with Crippen molar-refractivity contribution >= 4 is 11.7 Å². The number of carbonyl (C=O) groups is 1. The molecule has 3 aromatic heterocycles. The molecule has 1 amide bonds. The summed E-state index contributed by atoms with van der Waals surface area (Å²) in [6, 6.07) is 12.7. The van der Waals surface area contributed by atoms with Crippen LogP contribution in [0.4, 0.5) is 5.82 Å². The van der Waals surface area contributed by atoms with Crippen molar-refractivity contribution in [2.24, 2.45) is 0 Å². The number of rotatable bonds is 6. The van der Waals surface area contributed by atoms with Gasteiger partial charge >= 0.3 is 0 Å². The zero-order chi connectivity index (χ0) is 22.8. The molecule has 0 atom stereocenters. The number of hydrogen-bond donors (Lipinski definition) is 2. The molecular weight excluding hydrogens is 422 g/mol. The van der Waals surface area contributed by atoms with Crippen LogP contribution < -0.4 is 15.6 Å². The molecule has 9 nitrogen and oxygen atoms in total. The summed E-state index contributed by atoms with van der Waals surface area (Å²) in [5, 5.41) is 7.35. The second-order valence-corrected chi connectivity index (χ2v) is 7.93. The Morgan fingerprint density at radius 1 is 1.21 bits per heavy atom. The summed E-state index contributed by atoms with van der Waals surface area (Å²) in [5.74, 6) is 1.39. The molecule has 0 spiro atoms. The van der Waals surface area contributed by atoms with Crippen molar-refractivity contribution in [3.63, 3.8) is 0 Å². The van der Waals surface area contributed by atoms with Gasteiger partial charge < -0.3 is 14.5 Å². The third kappa shape index (κ3) is 4.30. The van der Waals surface area contributed by atoms with Gasteiger partial charge in [-0.1, -0.05) is 18.2 Å². The SMILES string of the molecule is Cc1ccccc1OCC(=O)Nc1cc(-c2ccco2)nn1-c1nc2c(c(=O)[nH]1)CCCC2. The number of amides is 1. The summed E-state index contributed by atoms with van der Waals surface area (Å²) in [6.07, 6.45) is 4.96. The van der Waals surface area contributed by atoms with E-state index in [1.165, 1.54) is 4.68 Å². The Hall–Kier alpha value is -4.14. The van der Waals surface area contributed by atoms with E-state index in [0.717, 1.165) is 36.1 Å². The minimum atomic E-state index is -0.370. The summed E-state index contributed by atoms with van der Waals surface area (Å²) in [5.41, 5.74) is 2.75. The normalized spacial score (nSPS) is 12.9. The molecule has 2 N–H and O–H groups in total. The quantitative estimate of drug-likeness (QED) is 0.470. The Labute approximate surface area is 189 Å². The fourth-order valence-electron chi connectivity index (χ4n) is 3.91. The van der Waals surface area contributed by atoms with Crippen LogP contribution in [-0.2, 0) is 17.6 Å². The maximum absolute atomic E-state index is 12.7. The molecule has 4 aromatic rings. The lowest BCUT2D eigenvalue weighted by atomic mass is 9.97. The van der Waals surface area contributed by atoms with Gasteiger partial charge in [-0.3, -0.25) is 14.6 Å². The molecule has 0 bridgehead atoms. The van der Waals surface area contributed by atoms with Gasteiger partial charge in [0, 0.05) is 11.6 Å². The van der Waals surface area contributed by atoms with E-state index in [9.17, 15) is 9.59 Å². The maximum Gasteiger partial charge on any atom is 0.263 e. The third-order valence-corrected chi connectivity index (χ3v) is 5.58. The number of anilines is 1. The first kappa shape index (κ1) is 20.7. The van der Waals surface area contributed by atoms with Crippen LogP contribution in [0.15, 0.2) is 57.9 Å². The van der Waals surface area contributed by atoms with Gasteiger partial charge in [-0.05, 0) is 56.4 Å². The van der Waals surface area contributed by atoms with Crippen LogP contribution in [0.3, 0.4) is 0 Å².